The van der Waals surface area contributed by atoms with Crippen molar-refractivity contribution in [3.63, 3.8) is 0 Å². The molecule has 9 heteroatoms. The van der Waals surface area contributed by atoms with E-state index in [9.17, 15) is 19.5 Å². The summed E-state index contributed by atoms with van der Waals surface area (Å²) in [6.07, 6.45) is 3.50. The van der Waals surface area contributed by atoms with Gasteiger partial charge in [0, 0.05) is 5.75 Å². The Hall–Kier alpha value is -1.84. The number of thioether (sulfide) groups is 1. The number of rotatable bonds is 6. The standard InChI is InChI=1S/C14H20N4O4S/c1-18(2,6-9(15)19)5-3-4-8-7-23-13-10(16)12(20)17(13)11(8)14(21)22/h3-4,10,13H,5-7,16H2,1-2H3,(H2-,15,19,21,22)/p+1/t10-,13-/m1/s1. The van der Waals surface area contributed by atoms with Crippen molar-refractivity contribution in [3.05, 3.63) is 23.4 Å². The number of amides is 2. The van der Waals surface area contributed by atoms with Gasteiger partial charge in [-0.3, -0.25) is 14.5 Å². The number of primary amides is 1. The molecule has 0 radical (unpaired) electrons. The van der Waals surface area contributed by atoms with Gasteiger partial charge in [0.15, 0.2) is 6.54 Å². The zero-order chi connectivity index (χ0) is 17.4. The Balaban J connectivity index is 2.16. The Kier molecular flexibility index (Phi) is 4.83. The van der Waals surface area contributed by atoms with Crippen LogP contribution in [0.25, 0.3) is 0 Å². The molecular weight excluding hydrogens is 320 g/mol. The Morgan fingerprint density at radius 3 is 2.70 bits per heavy atom. The molecule has 0 bridgehead atoms. The van der Waals surface area contributed by atoms with E-state index in [1.807, 2.05) is 14.1 Å². The van der Waals surface area contributed by atoms with Crippen LogP contribution in [0.1, 0.15) is 0 Å². The molecule has 2 aliphatic heterocycles. The SMILES string of the molecule is C[N+](C)(CC=CC1=C(C(=O)O)N2C(=O)[C@@H](N)[C@H]2SC1)CC(N)=O. The van der Waals surface area contributed by atoms with Crippen molar-refractivity contribution in [1.82, 2.24) is 4.90 Å². The van der Waals surface area contributed by atoms with E-state index in [0.717, 1.165) is 0 Å². The van der Waals surface area contributed by atoms with Gasteiger partial charge in [0.05, 0.1) is 20.6 Å². The van der Waals surface area contributed by atoms with Crippen LogP contribution in [0.4, 0.5) is 0 Å². The average molecular weight is 341 g/mol. The molecule has 1 saturated heterocycles. The lowest BCUT2D eigenvalue weighted by Crippen LogP contribution is -2.68. The molecule has 0 saturated carbocycles. The molecule has 0 aromatic rings. The van der Waals surface area contributed by atoms with E-state index in [2.05, 4.69) is 0 Å². The number of likely N-dealkylation sites (N-methyl/N-ethyl adjacent to an activating group) is 1. The second-order valence-corrected chi connectivity index (χ2v) is 7.36. The molecule has 8 nitrogen and oxygen atoms in total. The molecule has 0 aromatic heterocycles. The number of carboxylic acid groups (broad SMARTS) is 1. The van der Waals surface area contributed by atoms with Crippen molar-refractivity contribution in [1.29, 1.82) is 0 Å². The number of quaternary nitrogens is 1. The zero-order valence-electron chi connectivity index (χ0n) is 13.1. The maximum absolute atomic E-state index is 11.8. The first-order chi connectivity index (χ1) is 10.6. The molecule has 0 spiro atoms. The normalized spacial score (nSPS) is 24.7. The lowest BCUT2D eigenvalue weighted by atomic mass is 10.0. The molecular formula is C14H21N4O4S+. The smallest absolute Gasteiger partial charge is 0.352 e. The Morgan fingerprint density at radius 1 is 1.48 bits per heavy atom. The van der Waals surface area contributed by atoms with Crippen LogP contribution >= 0.6 is 11.8 Å². The summed E-state index contributed by atoms with van der Waals surface area (Å²) in [5.74, 6) is -1.43. The van der Waals surface area contributed by atoms with E-state index in [-0.39, 0.29) is 23.5 Å². The zero-order valence-corrected chi connectivity index (χ0v) is 13.9. The second-order valence-electron chi connectivity index (χ2n) is 6.26. The maximum Gasteiger partial charge on any atom is 0.352 e. The summed E-state index contributed by atoms with van der Waals surface area (Å²) in [7, 11) is 3.70. The number of hydrogen-bond acceptors (Lipinski definition) is 5. The predicted octanol–water partition coefficient (Wildman–Crippen LogP) is -1.31. The average Bonchev–Trinajstić information content (AvgIpc) is 2.43. The van der Waals surface area contributed by atoms with Crippen molar-refractivity contribution < 1.29 is 24.0 Å². The van der Waals surface area contributed by atoms with Crippen molar-refractivity contribution in [2.75, 3.05) is 32.9 Å². The number of fused-ring (bicyclic) bond motifs is 1. The second kappa shape index (κ2) is 6.34. The lowest BCUT2D eigenvalue weighted by molar-refractivity contribution is -0.876. The van der Waals surface area contributed by atoms with Gasteiger partial charge < -0.3 is 21.1 Å². The molecule has 0 aliphatic carbocycles. The summed E-state index contributed by atoms with van der Waals surface area (Å²) in [5.41, 5.74) is 11.5. The fourth-order valence-electron chi connectivity index (χ4n) is 2.63. The minimum Gasteiger partial charge on any atom is -0.477 e. The van der Waals surface area contributed by atoms with E-state index >= 15 is 0 Å². The molecule has 1 fully saturated rings. The van der Waals surface area contributed by atoms with Crippen LogP contribution in [0.3, 0.4) is 0 Å². The number of allylic oxidation sites excluding steroid dienone is 1. The maximum atomic E-state index is 11.8. The van der Waals surface area contributed by atoms with Crippen LogP contribution in [-0.4, -0.2) is 76.6 Å². The van der Waals surface area contributed by atoms with Crippen LogP contribution in [0.5, 0.6) is 0 Å². The number of β-lactam (4-membered cyclic amide) rings is 1. The summed E-state index contributed by atoms with van der Waals surface area (Å²) >= 11 is 1.45. The monoisotopic (exact) mass is 341 g/mol. The minimum absolute atomic E-state index is 0.00286. The molecule has 0 unspecified atom stereocenters. The van der Waals surface area contributed by atoms with Gasteiger partial charge in [-0.15, -0.1) is 11.8 Å². The Labute approximate surface area is 138 Å². The summed E-state index contributed by atoms with van der Waals surface area (Å²) in [4.78, 5) is 35.6. The van der Waals surface area contributed by atoms with E-state index in [1.165, 1.54) is 16.7 Å². The first-order valence-corrected chi connectivity index (χ1v) is 8.12. The van der Waals surface area contributed by atoms with Gasteiger partial charge in [-0.05, 0) is 11.6 Å². The molecule has 23 heavy (non-hydrogen) atoms. The largest absolute Gasteiger partial charge is 0.477 e. The van der Waals surface area contributed by atoms with Crippen LogP contribution in [0.2, 0.25) is 0 Å². The third-order valence-electron chi connectivity index (χ3n) is 3.74. The van der Waals surface area contributed by atoms with E-state index in [0.29, 0.717) is 22.4 Å². The van der Waals surface area contributed by atoms with Crippen LogP contribution in [0, 0.1) is 0 Å². The number of hydrogen-bond donors (Lipinski definition) is 3. The summed E-state index contributed by atoms with van der Waals surface area (Å²) in [5, 5.41) is 9.11. The Morgan fingerprint density at radius 2 is 2.13 bits per heavy atom. The molecule has 2 amide bonds. The number of nitrogens with zero attached hydrogens (tertiary/aromatic N) is 2. The first kappa shape index (κ1) is 17.5. The first-order valence-electron chi connectivity index (χ1n) is 7.07. The van der Waals surface area contributed by atoms with Gasteiger partial charge in [0.2, 0.25) is 5.91 Å². The molecule has 2 heterocycles. The molecule has 126 valence electrons. The van der Waals surface area contributed by atoms with E-state index in [4.69, 9.17) is 11.5 Å². The number of carbonyl (C=O) groups is 3. The van der Waals surface area contributed by atoms with E-state index in [1.54, 1.807) is 12.2 Å². The third-order valence-corrected chi connectivity index (χ3v) is 5.07. The number of nitrogens with two attached hydrogens (primary N) is 2. The van der Waals surface area contributed by atoms with Crippen molar-refractivity contribution in [2.45, 2.75) is 11.4 Å². The van der Waals surface area contributed by atoms with Gasteiger partial charge >= 0.3 is 5.97 Å². The highest BCUT2D eigenvalue weighted by Crippen LogP contribution is 2.39. The highest BCUT2D eigenvalue weighted by atomic mass is 32.2. The fourth-order valence-corrected chi connectivity index (χ4v) is 3.90. The molecule has 2 atom stereocenters. The van der Waals surface area contributed by atoms with Crippen molar-refractivity contribution >= 4 is 29.5 Å². The van der Waals surface area contributed by atoms with Crippen molar-refractivity contribution in [2.24, 2.45) is 11.5 Å². The summed E-state index contributed by atoms with van der Waals surface area (Å²) in [6.45, 7) is 0.701. The minimum atomic E-state index is -1.14. The van der Waals surface area contributed by atoms with Gasteiger partial charge in [-0.2, -0.15) is 0 Å². The highest BCUT2D eigenvalue weighted by Gasteiger charge is 2.51. The predicted molar refractivity (Wildman–Crippen MR) is 85.9 cm³/mol. The lowest BCUT2D eigenvalue weighted by Gasteiger charge is -2.47. The Bertz CT molecular complexity index is 614. The highest BCUT2D eigenvalue weighted by molar-refractivity contribution is 8.00. The quantitative estimate of drug-likeness (QED) is 0.406. The summed E-state index contributed by atoms with van der Waals surface area (Å²) < 4.78 is 0.366. The summed E-state index contributed by atoms with van der Waals surface area (Å²) in [6, 6.07) is -0.633. The number of aliphatic carboxylic acids is 1. The van der Waals surface area contributed by atoms with Gasteiger partial charge in [0.1, 0.15) is 17.1 Å². The van der Waals surface area contributed by atoms with Gasteiger partial charge in [0.25, 0.3) is 5.91 Å². The van der Waals surface area contributed by atoms with Gasteiger partial charge in [-0.25, -0.2) is 4.79 Å². The molecule has 2 aliphatic rings. The van der Waals surface area contributed by atoms with Gasteiger partial charge in [-0.1, -0.05) is 6.08 Å². The van der Waals surface area contributed by atoms with Crippen LogP contribution < -0.4 is 11.5 Å². The fraction of sp³-hybridized carbons (Fsp3) is 0.500. The number of carboxylic acids is 1. The number of carbonyl (C=O) groups excluding carboxylic acids is 2. The van der Waals surface area contributed by atoms with Crippen LogP contribution in [0.15, 0.2) is 23.4 Å². The topological polar surface area (TPSA) is 127 Å². The van der Waals surface area contributed by atoms with E-state index < -0.39 is 17.9 Å². The molecule has 0 aromatic carbocycles. The van der Waals surface area contributed by atoms with Crippen LogP contribution in [-0.2, 0) is 14.4 Å². The third kappa shape index (κ3) is 3.57. The van der Waals surface area contributed by atoms with Crippen molar-refractivity contribution in [3.8, 4) is 0 Å². The molecule has 2 rings (SSSR count). The molecule has 5 N–H and O–H groups in total.